The van der Waals surface area contributed by atoms with Crippen LogP contribution in [0.2, 0.25) is 0 Å². The molecule has 2 rings (SSSR count). The summed E-state index contributed by atoms with van der Waals surface area (Å²) in [6, 6.07) is 5.97. The third-order valence-electron chi connectivity index (χ3n) is 2.34. The number of aromatic nitrogens is 1. The summed E-state index contributed by atoms with van der Waals surface area (Å²) in [6.07, 6.45) is 1.80. The van der Waals surface area contributed by atoms with Gasteiger partial charge in [0.1, 0.15) is 0 Å². The number of hydrogen-bond acceptors (Lipinski definition) is 5. The number of benzene rings is 1. The smallest absolute Gasteiger partial charge is 0.230 e. The maximum Gasteiger partial charge on any atom is 0.230 e. The summed E-state index contributed by atoms with van der Waals surface area (Å²) in [4.78, 5) is 5.28. The first-order valence-electron chi connectivity index (χ1n) is 5.31. The molecule has 88 valence electrons. The Morgan fingerprint density at radius 1 is 1.24 bits per heavy atom. The van der Waals surface area contributed by atoms with Crippen LogP contribution in [0.3, 0.4) is 0 Å². The zero-order chi connectivity index (χ0) is 12.3. The Morgan fingerprint density at radius 3 is 2.65 bits per heavy atom. The van der Waals surface area contributed by atoms with Gasteiger partial charge in [-0.3, -0.25) is 0 Å². The molecule has 1 aromatic heterocycles. The lowest BCUT2D eigenvalue weighted by molar-refractivity contribution is 1.18. The van der Waals surface area contributed by atoms with Crippen molar-refractivity contribution < 1.29 is 0 Å². The molecule has 5 heteroatoms. The van der Waals surface area contributed by atoms with E-state index in [1.165, 1.54) is 11.3 Å². The summed E-state index contributed by atoms with van der Waals surface area (Å²) in [7, 11) is 1.90. The first-order chi connectivity index (χ1) is 8.19. The Labute approximate surface area is 104 Å². The Kier molecular flexibility index (Phi) is 3.49. The number of thiazole rings is 1. The van der Waals surface area contributed by atoms with Crippen molar-refractivity contribution in [3.05, 3.63) is 34.8 Å². The highest BCUT2D eigenvalue weighted by Gasteiger charge is 1.99. The van der Waals surface area contributed by atoms with E-state index >= 15 is 0 Å². The fourth-order valence-corrected chi connectivity index (χ4v) is 1.99. The number of rotatable bonds is 3. The predicted octanol–water partition coefficient (Wildman–Crippen LogP) is 4.22. The molecule has 0 unspecified atom stereocenters. The van der Waals surface area contributed by atoms with Gasteiger partial charge in [-0.15, -0.1) is 10.2 Å². The molecule has 0 fully saturated rings. The van der Waals surface area contributed by atoms with Gasteiger partial charge in [-0.1, -0.05) is 11.3 Å². The van der Waals surface area contributed by atoms with E-state index < -0.39 is 0 Å². The number of hydrogen-bond donors (Lipinski definition) is 1. The Hall–Kier alpha value is -1.75. The molecule has 1 aromatic carbocycles. The van der Waals surface area contributed by atoms with Gasteiger partial charge in [0.15, 0.2) is 0 Å². The highest BCUT2D eigenvalue weighted by Crippen LogP contribution is 2.26. The average molecular weight is 246 g/mol. The monoisotopic (exact) mass is 246 g/mol. The Balaban J connectivity index is 2.21. The second-order valence-corrected chi connectivity index (χ2v) is 4.92. The molecule has 1 N–H and O–H groups in total. The molecule has 17 heavy (non-hydrogen) atoms. The van der Waals surface area contributed by atoms with Crippen LogP contribution in [0.1, 0.15) is 10.4 Å². The summed E-state index contributed by atoms with van der Waals surface area (Å²) >= 11 is 1.54. The second kappa shape index (κ2) is 5.05. The molecule has 0 bridgehead atoms. The molecule has 0 radical (unpaired) electrons. The zero-order valence-corrected chi connectivity index (χ0v) is 10.9. The van der Waals surface area contributed by atoms with Crippen LogP contribution >= 0.6 is 11.3 Å². The van der Waals surface area contributed by atoms with Gasteiger partial charge >= 0.3 is 0 Å². The molecule has 0 spiro atoms. The molecule has 0 saturated carbocycles. The molecule has 0 aliphatic rings. The topological polar surface area (TPSA) is 49.6 Å². The molecule has 4 nitrogen and oxygen atoms in total. The van der Waals surface area contributed by atoms with Crippen molar-refractivity contribution in [1.29, 1.82) is 0 Å². The molecule has 0 aliphatic heterocycles. The van der Waals surface area contributed by atoms with Gasteiger partial charge < -0.3 is 5.32 Å². The molecule has 0 aliphatic carbocycles. The van der Waals surface area contributed by atoms with E-state index in [-0.39, 0.29) is 0 Å². The second-order valence-electron chi connectivity index (χ2n) is 3.70. The minimum absolute atomic E-state index is 0.694. The number of azo groups is 1. The van der Waals surface area contributed by atoms with Gasteiger partial charge in [-0.05, 0) is 37.6 Å². The summed E-state index contributed by atoms with van der Waals surface area (Å²) in [5.41, 5.74) is 3.04. The maximum absolute atomic E-state index is 4.21. The molecular formula is C12H14N4S. The van der Waals surface area contributed by atoms with Crippen LogP contribution in [0.5, 0.6) is 0 Å². The van der Waals surface area contributed by atoms with Crippen molar-refractivity contribution in [1.82, 2.24) is 4.98 Å². The van der Waals surface area contributed by atoms with Crippen molar-refractivity contribution in [2.75, 3.05) is 12.4 Å². The zero-order valence-electron chi connectivity index (χ0n) is 10.1. The van der Waals surface area contributed by atoms with E-state index in [1.54, 1.807) is 6.20 Å². The number of anilines is 1. The molecule has 1 heterocycles. The van der Waals surface area contributed by atoms with Crippen LogP contribution in [-0.2, 0) is 0 Å². The Bertz CT molecular complexity index is 545. The summed E-state index contributed by atoms with van der Waals surface area (Å²) < 4.78 is 0. The van der Waals surface area contributed by atoms with Gasteiger partial charge in [-0.25, -0.2) is 4.98 Å². The van der Waals surface area contributed by atoms with Crippen LogP contribution < -0.4 is 5.32 Å². The lowest BCUT2D eigenvalue weighted by Gasteiger charge is -2.02. The third-order valence-corrected chi connectivity index (χ3v) is 3.13. The van der Waals surface area contributed by atoms with Crippen LogP contribution in [0.25, 0.3) is 0 Å². The molecular weight excluding hydrogens is 232 g/mol. The van der Waals surface area contributed by atoms with Gasteiger partial charge in [-0.2, -0.15) is 0 Å². The third kappa shape index (κ3) is 2.88. The van der Waals surface area contributed by atoms with Crippen LogP contribution in [0, 0.1) is 13.8 Å². The van der Waals surface area contributed by atoms with Gasteiger partial charge in [0.25, 0.3) is 0 Å². The minimum atomic E-state index is 0.694. The summed E-state index contributed by atoms with van der Waals surface area (Å²) in [5, 5.41) is 12.1. The Morgan fingerprint density at radius 2 is 2.06 bits per heavy atom. The standard InChI is InChI=1S/C12H14N4S/c1-8-6-10(13-3)4-5-11(8)15-16-12-14-7-9(2)17-12/h4-7,13H,1-3H3. The molecule has 2 aromatic rings. The van der Waals surface area contributed by atoms with Crippen LogP contribution in [0.15, 0.2) is 34.6 Å². The predicted molar refractivity (Wildman–Crippen MR) is 71.8 cm³/mol. The number of aryl methyl sites for hydroxylation is 2. The van der Waals surface area contributed by atoms with Crippen LogP contribution in [-0.4, -0.2) is 12.0 Å². The lowest BCUT2D eigenvalue weighted by Crippen LogP contribution is -1.87. The summed E-state index contributed by atoms with van der Waals surface area (Å²) in [5.74, 6) is 0. The summed E-state index contributed by atoms with van der Waals surface area (Å²) in [6.45, 7) is 4.02. The molecule has 0 atom stereocenters. The van der Waals surface area contributed by atoms with Gasteiger partial charge in [0, 0.05) is 23.8 Å². The highest BCUT2D eigenvalue weighted by atomic mass is 32.1. The highest BCUT2D eigenvalue weighted by molar-refractivity contribution is 7.15. The first-order valence-corrected chi connectivity index (χ1v) is 6.13. The fraction of sp³-hybridized carbons (Fsp3) is 0.250. The normalized spacial score (nSPS) is 11.0. The van der Waals surface area contributed by atoms with Crippen molar-refractivity contribution in [2.45, 2.75) is 13.8 Å². The minimum Gasteiger partial charge on any atom is -0.388 e. The SMILES string of the molecule is CNc1ccc(N=Nc2ncc(C)s2)c(C)c1. The lowest BCUT2D eigenvalue weighted by atomic mass is 10.2. The van der Waals surface area contributed by atoms with E-state index in [9.17, 15) is 0 Å². The van der Waals surface area contributed by atoms with Gasteiger partial charge in [0.05, 0.1) is 5.69 Å². The van der Waals surface area contributed by atoms with Crippen molar-refractivity contribution in [3.8, 4) is 0 Å². The van der Waals surface area contributed by atoms with Crippen molar-refractivity contribution in [2.24, 2.45) is 10.2 Å². The first kappa shape index (κ1) is 11.7. The maximum atomic E-state index is 4.21. The average Bonchev–Trinajstić information content (AvgIpc) is 2.73. The quantitative estimate of drug-likeness (QED) is 0.824. The number of nitrogens with zero attached hydrogens (tertiary/aromatic N) is 3. The van der Waals surface area contributed by atoms with E-state index in [0.717, 1.165) is 21.8 Å². The van der Waals surface area contributed by atoms with Crippen molar-refractivity contribution in [3.63, 3.8) is 0 Å². The van der Waals surface area contributed by atoms with Crippen molar-refractivity contribution >= 4 is 27.8 Å². The van der Waals surface area contributed by atoms with Crippen LogP contribution in [0.4, 0.5) is 16.5 Å². The van der Waals surface area contributed by atoms with E-state index in [2.05, 4.69) is 20.5 Å². The van der Waals surface area contributed by atoms with E-state index in [4.69, 9.17) is 0 Å². The van der Waals surface area contributed by atoms with E-state index in [1.807, 2.05) is 39.1 Å². The largest absolute Gasteiger partial charge is 0.388 e. The van der Waals surface area contributed by atoms with Gasteiger partial charge in [0.2, 0.25) is 5.13 Å². The van der Waals surface area contributed by atoms with E-state index in [0.29, 0.717) is 5.13 Å². The molecule has 0 saturated heterocycles. The fourth-order valence-electron chi connectivity index (χ4n) is 1.41. The molecule has 0 amide bonds. The number of nitrogens with one attached hydrogen (secondary N) is 1.